The van der Waals surface area contributed by atoms with Crippen molar-refractivity contribution in [3.8, 4) is 11.4 Å². The maximum atomic E-state index is 14.6. The molecule has 3 aromatic rings. The Hall–Kier alpha value is -3.14. The van der Waals surface area contributed by atoms with Crippen LogP contribution in [0.4, 0.5) is 21.8 Å². The predicted octanol–water partition coefficient (Wildman–Crippen LogP) is 4.07. The Morgan fingerprint density at radius 1 is 1.12 bits per heavy atom. The summed E-state index contributed by atoms with van der Waals surface area (Å²) < 4.78 is 16.4. The number of rotatable bonds is 6. The zero-order chi connectivity index (χ0) is 23.2. The number of nitrogens with zero attached hydrogens (tertiary/aromatic N) is 6. The zero-order valence-electron chi connectivity index (χ0n) is 19.4. The van der Waals surface area contributed by atoms with Crippen molar-refractivity contribution in [2.24, 2.45) is 0 Å². The number of hydrogen-bond donors (Lipinski definition) is 3. The minimum absolute atomic E-state index is 0.0552. The van der Waals surface area contributed by atoms with Crippen LogP contribution in [0.3, 0.4) is 0 Å². The lowest BCUT2D eigenvalue weighted by Gasteiger charge is -2.46. The fourth-order valence-electron chi connectivity index (χ4n) is 4.96. The second-order valence-electron chi connectivity index (χ2n) is 10.4. The summed E-state index contributed by atoms with van der Waals surface area (Å²) in [5.41, 5.74) is 1.57. The summed E-state index contributed by atoms with van der Waals surface area (Å²) >= 11 is 0. The van der Waals surface area contributed by atoms with Crippen molar-refractivity contribution in [3.63, 3.8) is 0 Å². The van der Waals surface area contributed by atoms with Gasteiger partial charge in [-0.1, -0.05) is 12.1 Å². The van der Waals surface area contributed by atoms with Gasteiger partial charge in [0.25, 0.3) is 0 Å². The minimum atomic E-state index is -0.466. The number of piperidine rings is 1. The molecule has 3 heterocycles. The molecule has 1 saturated carbocycles. The molecule has 1 aliphatic heterocycles. The lowest BCUT2D eigenvalue weighted by atomic mass is 9.79. The lowest BCUT2D eigenvalue weighted by Crippen LogP contribution is -2.60. The van der Waals surface area contributed by atoms with Gasteiger partial charge in [-0.25, -0.2) is 14.1 Å². The van der Waals surface area contributed by atoms with E-state index in [2.05, 4.69) is 69.1 Å². The van der Waals surface area contributed by atoms with Crippen molar-refractivity contribution in [3.05, 3.63) is 36.3 Å². The van der Waals surface area contributed by atoms with Crippen LogP contribution in [-0.2, 0) is 0 Å². The van der Waals surface area contributed by atoms with Gasteiger partial charge in [0.05, 0.1) is 12.2 Å². The first-order valence-corrected chi connectivity index (χ1v) is 11.4. The molecule has 0 spiro atoms. The highest BCUT2D eigenvalue weighted by atomic mass is 19.1. The van der Waals surface area contributed by atoms with E-state index in [0.717, 1.165) is 42.8 Å². The van der Waals surface area contributed by atoms with Crippen LogP contribution in [0.2, 0.25) is 0 Å². The van der Waals surface area contributed by atoms with E-state index in [1.807, 2.05) is 28.9 Å². The third kappa shape index (κ3) is 4.95. The summed E-state index contributed by atoms with van der Waals surface area (Å²) in [6.07, 6.45) is 5.12. The maximum absolute atomic E-state index is 14.6. The second kappa shape index (κ2) is 8.02. The summed E-state index contributed by atoms with van der Waals surface area (Å²) in [7, 11) is 0. The molecule has 0 atom stereocenters. The molecule has 2 aromatic heterocycles. The fourth-order valence-corrected chi connectivity index (χ4v) is 4.96. The first-order valence-electron chi connectivity index (χ1n) is 11.4. The molecule has 3 N–H and O–H groups in total. The van der Waals surface area contributed by atoms with Crippen LogP contribution in [0.15, 0.2) is 30.5 Å². The van der Waals surface area contributed by atoms with Crippen LogP contribution in [0.25, 0.3) is 11.4 Å². The highest BCUT2D eigenvalue weighted by Crippen LogP contribution is 2.37. The van der Waals surface area contributed by atoms with Gasteiger partial charge in [0.2, 0.25) is 5.95 Å². The fraction of sp³-hybridized carbons (Fsp3) is 0.522. The molecule has 2 aliphatic rings. The van der Waals surface area contributed by atoms with Crippen LogP contribution in [0.5, 0.6) is 0 Å². The first kappa shape index (κ1) is 21.7. The van der Waals surface area contributed by atoms with Crippen molar-refractivity contribution in [1.82, 2.24) is 35.5 Å². The summed E-state index contributed by atoms with van der Waals surface area (Å²) in [6.45, 7) is 8.66. The summed E-state index contributed by atoms with van der Waals surface area (Å²) in [4.78, 5) is 8.57. The molecule has 1 saturated heterocycles. The van der Waals surface area contributed by atoms with Gasteiger partial charge in [0, 0.05) is 28.4 Å². The highest BCUT2D eigenvalue weighted by molar-refractivity contribution is 5.65. The number of aromatic nitrogens is 6. The molecule has 9 nitrogen and oxygen atoms in total. The Bertz CT molecular complexity index is 1140. The molecule has 2 fully saturated rings. The van der Waals surface area contributed by atoms with E-state index >= 15 is 0 Å². The average molecular weight is 452 g/mol. The standard InChI is InChI=1S/C23H30FN9/c1-22(2)11-16(12-23(3,4)30-22)26-19-18(24)13-25-21(28-19)27-15-7-5-6-14(10-15)20-29-31-32-33(20)17-8-9-17/h5-7,10,13,16-17,30H,8-9,11-12H2,1-4H3,(H2,25,26,27,28). The van der Waals surface area contributed by atoms with Crippen LogP contribution < -0.4 is 16.0 Å². The maximum Gasteiger partial charge on any atom is 0.229 e. The largest absolute Gasteiger partial charge is 0.365 e. The smallest absolute Gasteiger partial charge is 0.229 e. The molecule has 0 unspecified atom stereocenters. The molecule has 1 aromatic carbocycles. The molecule has 0 amide bonds. The Balaban J connectivity index is 1.34. The molecule has 0 radical (unpaired) electrons. The number of tetrazole rings is 1. The van der Waals surface area contributed by atoms with Gasteiger partial charge >= 0.3 is 0 Å². The second-order valence-corrected chi connectivity index (χ2v) is 10.4. The predicted molar refractivity (Wildman–Crippen MR) is 125 cm³/mol. The number of anilines is 3. The van der Waals surface area contributed by atoms with Crippen LogP contribution in [0, 0.1) is 5.82 Å². The molecule has 1 aliphatic carbocycles. The van der Waals surface area contributed by atoms with E-state index in [1.165, 1.54) is 6.20 Å². The molecular formula is C23H30FN9. The van der Waals surface area contributed by atoms with Gasteiger partial charge in [-0.15, -0.1) is 5.10 Å². The molecule has 0 bridgehead atoms. The molecular weight excluding hydrogens is 421 g/mol. The van der Waals surface area contributed by atoms with E-state index in [1.54, 1.807) is 0 Å². The molecule has 174 valence electrons. The summed E-state index contributed by atoms with van der Waals surface area (Å²) in [5, 5.41) is 22.3. The third-order valence-electron chi connectivity index (χ3n) is 6.04. The summed E-state index contributed by atoms with van der Waals surface area (Å²) in [6, 6.07) is 8.22. The van der Waals surface area contributed by atoms with Crippen molar-refractivity contribution in [2.75, 3.05) is 10.6 Å². The third-order valence-corrected chi connectivity index (χ3v) is 6.04. The molecule has 33 heavy (non-hydrogen) atoms. The van der Waals surface area contributed by atoms with Gasteiger partial charge < -0.3 is 16.0 Å². The van der Waals surface area contributed by atoms with E-state index in [-0.39, 0.29) is 22.9 Å². The SMILES string of the molecule is CC1(C)CC(Nc2nc(Nc3cccc(-c4nnnn4C4CC4)c3)ncc2F)CC(C)(C)N1. The molecule has 10 heteroatoms. The van der Waals surface area contributed by atoms with E-state index in [9.17, 15) is 4.39 Å². The monoisotopic (exact) mass is 451 g/mol. The Morgan fingerprint density at radius 2 is 1.88 bits per heavy atom. The number of hydrogen-bond acceptors (Lipinski definition) is 8. The highest BCUT2D eigenvalue weighted by Gasteiger charge is 2.38. The average Bonchev–Trinajstić information content (AvgIpc) is 3.44. The van der Waals surface area contributed by atoms with Crippen molar-refractivity contribution < 1.29 is 4.39 Å². The Kier molecular flexibility index (Phi) is 5.27. The van der Waals surface area contributed by atoms with Gasteiger partial charge in [-0.2, -0.15) is 4.98 Å². The molecule has 5 rings (SSSR count). The van der Waals surface area contributed by atoms with E-state index < -0.39 is 5.82 Å². The van der Waals surface area contributed by atoms with Gasteiger partial charge in [0.15, 0.2) is 17.5 Å². The van der Waals surface area contributed by atoms with Gasteiger partial charge in [-0.05, 0) is 75.9 Å². The van der Waals surface area contributed by atoms with Crippen LogP contribution in [0.1, 0.15) is 59.4 Å². The van der Waals surface area contributed by atoms with Crippen molar-refractivity contribution in [2.45, 2.75) is 76.5 Å². The van der Waals surface area contributed by atoms with Crippen LogP contribution >= 0.6 is 0 Å². The number of halogens is 1. The number of nitrogens with one attached hydrogen (secondary N) is 3. The minimum Gasteiger partial charge on any atom is -0.365 e. The quantitative estimate of drug-likeness (QED) is 0.515. The topological polar surface area (TPSA) is 105 Å². The van der Waals surface area contributed by atoms with Gasteiger partial charge in [-0.3, -0.25) is 0 Å². The van der Waals surface area contributed by atoms with E-state index in [4.69, 9.17) is 0 Å². The normalized spacial score (nSPS) is 19.9. The Labute approximate surface area is 192 Å². The van der Waals surface area contributed by atoms with Gasteiger partial charge in [0.1, 0.15) is 0 Å². The lowest BCUT2D eigenvalue weighted by molar-refractivity contribution is 0.170. The summed E-state index contributed by atoms with van der Waals surface area (Å²) in [5.74, 6) is 0.803. The zero-order valence-corrected chi connectivity index (χ0v) is 19.4. The Morgan fingerprint density at radius 3 is 2.61 bits per heavy atom. The van der Waals surface area contributed by atoms with Crippen LogP contribution in [-0.4, -0.2) is 47.3 Å². The first-order chi connectivity index (χ1) is 15.7. The number of benzene rings is 1. The van der Waals surface area contributed by atoms with E-state index in [0.29, 0.717) is 12.0 Å². The van der Waals surface area contributed by atoms with Crippen molar-refractivity contribution in [1.29, 1.82) is 0 Å². The van der Waals surface area contributed by atoms with Crippen molar-refractivity contribution >= 4 is 17.5 Å².